The second-order valence-electron chi connectivity index (χ2n) is 11.7. The number of hydrogen-bond acceptors (Lipinski definition) is 6. The van der Waals surface area contributed by atoms with Gasteiger partial charge >= 0.3 is 20.2 Å². The lowest BCUT2D eigenvalue weighted by atomic mass is 9.69. The average molecular weight is 474 g/mol. The van der Waals surface area contributed by atoms with Crippen LogP contribution in [0.1, 0.15) is 94.6 Å². The normalized spacial score (nSPS) is 17.7. The molecule has 34 heavy (non-hydrogen) atoms. The SMILES string of the molecule is CCOB(OC(C)(C)CC)c1ccc(CCC(=O)OC(C)(C)C)c(B2OC(C)(C)C(C)(C)O2)c1. The summed E-state index contributed by atoms with van der Waals surface area (Å²) < 4.78 is 30.6. The van der Waals surface area contributed by atoms with Crippen LogP contribution in [0.4, 0.5) is 0 Å². The van der Waals surface area contributed by atoms with Gasteiger partial charge in [-0.1, -0.05) is 25.1 Å². The standard InChI is InChI=1S/C26H44B2O6/c1-12-24(6,7)32-27(30-13-2)20-16-14-19(15-17-22(29)31-23(3,4)5)21(18-20)28-33-25(8,9)26(10,11)34-28/h14,16,18H,12-13,15,17H2,1-11H3. The topological polar surface area (TPSA) is 63.2 Å². The van der Waals surface area contributed by atoms with Crippen LogP contribution in [0.2, 0.25) is 0 Å². The van der Waals surface area contributed by atoms with Crippen LogP contribution in [0.15, 0.2) is 18.2 Å². The first-order valence-corrected chi connectivity index (χ1v) is 12.5. The quantitative estimate of drug-likeness (QED) is 0.374. The lowest BCUT2D eigenvalue weighted by Crippen LogP contribution is -2.47. The van der Waals surface area contributed by atoms with Gasteiger partial charge in [-0.3, -0.25) is 4.79 Å². The summed E-state index contributed by atoms with van der Waals surface area (Å²) in [5.74, 6) is -0.225. The molecule has 0 spiro atoms. The Morgan fingerprint density at radius 2 is 1.62 bits per heavy atom. The third-order valence-electron chi connectivity index (χ3n) is 6.56. The lowest BCUT2D eigenvalue weighted by molar-refractivity contribution is -0.154. The average Bonchev–Trinajstić information content (AvgIpc) is 2.91. The second-order valence-corrected chi connectivity index (χ2v) is 11.7. The number of carbonyl (C=O) groups excluding carboxylic acids is 1. The number of benzene rings is 1. The highest BCUT2D eigenvalue weighted by molar-refractivity contribution is 6.66. The molecule has 1 aliphatic heterocycles. The van der Waals surface area contributed by atoms with Gasteiger partial charge in [0.25, 0.3) is 0 Å². The molecule has 0 aromatic heterocycles. The highest BCUT2D eigenvalue weighted by Crippen LogP contribution is 2.36. The molecule has 190 valence electrons. The Morgan fingerprint density at radius 1 is 1.03 bits per heavy atom. The number of rotatable bonds is 10. The lowest BCUT2D eigenvalue weighted by Gasteiger charge is -2.32. The van der Waals surface area contributed by atoms with Crippen molar-refractivity contribution < 1.29 is 28.1 Å². The van der Waals surface area contributed by atoms with Crippen molar-refractivity contribution in [3.63, 3.8) is 0 Å². The van der Waals surface area contributed by atoms with Gasteiger partial charge in [0.15, 0.2) is 0 Å². The molecule has 0 N–H and O–H groups in total. The maximum absolute atomic E-state index is 12.4. The van der Waals surface area contributed by atoms with Gasteiger partial charge in [0, 0.05) is 18.6 Å². The molecule has 8 heteroatoms. The van der Waals surface area contributed by atoms with Gasteiger partial charge in [0.2, 0.25) is 0 Å². The molecule has 1 aromatic rings. The van der Waals surface area contributed by atoms with E-state index in [1.54, 1.807) is 0 Å². The zero-order valence-corrected chi connectivity index (χ0v) is 23.2. The number of ether oxygens (including phenoxy) is 1. The van der Waals surface area contributed by atoms with Gasteiger partial charge in [-0.15, -0.1) is 0 Å². The van der Waals surface area contributed by atoms with E-state index < -0.39 is 31.0 Å². The Labute approximate surface area is 207 Å². The van der Waals surface area contributed by atoms with Crippen molar-refractivity contribution in [1.82, 2.24) is 0 Å². The first kappa shape index (κ1) is 28.9. The molecule has 1 heterocycles. The summed E-state index contributed by atoms with van der Waals surface area (Å²) in [5.41, 5.74) is 0.977. The highest BCUT2D eigenvalue weighted by Gasteiger charge is 2.52. The van der Waals surface area contributed by atoms with Crippen molar-refractivity contribution in [2.24, 2.45) is 0 Å². The summed E-state index contributed by atoms with van der Waals surface area (Å²) in [6, 6.07) is 6.07. The summed E-state index contributed by atoms with van der Waals surface area (Å²) in [5, 5.41) is 0. The molecule has 0 aliphatic carbocycles. The van der Waals surface area contributed by atoms with Gasteiger partial charge in [-0.25, -0.2) is 0 Å². The van der Waals surface area contributed by atoms with E-state index in [-0.39, 0.29) is 18.0 Å². The van der Waals surface area contributed by atoms with Crippen LogP contribution in [0.5, 0.6) is 0 Å². The van der Waals surface area contributed by atoms with Crippen LogP contribution in [0, 0.1) is 0 Å². The molecule has 0 amide bonds. The number of esters is 1. The molecule has 1 saturated heterocycles. The van der Waals surface area contributed by atoms with Crippen LogP contribution in [-0.4, -0.2) is 49.2 Å². The third-order valence-corrected chi connectivity index (χ3v) is 6.56. The summed E-state index contributed by atoms with van der Waals surface area (Å²) in [7, 11) is -1.07. The first-order valence-electron chi connectivity index (χ1n) is 12.5. The minimum Gasteiger partial charge on any atom is -0.460 e. The maximum atomic E-state index is 12.4. The third kappa shape index (κ3) is 7.58. The van der Waals surface area contributed by atoms with Crippen LogP contribution in [0.25, 0.3) is 0 Å². The van der Waals surface area contributed by atoms with E-state index in [2.05, 4.69) is 20.8 Å². The first-order chi connectivity index (χ1) is 15.5. The fourth-order valence-corrected chi connectivity index (χ4v) is 3.53. The molecule has 1 fully saturated rings. The Balaban J connectivity index is 2.41. The van der Waals surface area contributed by atoms with Crippen molar-refractivity contribution in [3.8, 4) is 0 Å². The van der Waals surface area contributed by atoms with Crippen molar-refractivity contribution in [2.75, 3.05) is 6.61 Å². The molecule has 2 rings (SSSR count). The summed E-state index contributed by atoms with van der Waals surface area (Å²) in [6.07, 6.45) is 1.65. The summed E-state index contributed by atoms with van der Waals surface area (Å²) >= 11 is 0. The number of aryl methyl sites for hydroxylation is 1. The van der Waals surface area contributed by atoms with Crippen LogP contribution >= 0.6 is 0 Å². The number of carbonyl (C=O) groups is 1. The molecule has 0 atom stereocenters. The maximum Gasteiger partial charge on any atom is 0.495 e. The Kier molecular flexibility index (Phi) is 9.12. The van der Waals surface area contributed by atoms with Crippen LogP contribution < -0.4 is 10.9 Å². The summed E-state index contributed by atoms with van der Waals surface area (Å²) in [6.45, 7) is 22.5. The van der Waals surface area contributed by atoms with Gasteiger partial charge in [0.05, 0.1) is 11.2 Å². The van der Waals surface area contributed by atoms with Crippen molar-refractivity contribution in [3.05, 3.63) is 23.8 Å². The molecular formula is C26H44B2O6. The number of hydrogen-bond donors (Lipinski definition) is 0. The van der Waals surface area contributed by atoms with E-state index in [9.17, 15) is 4.79 Å². The van der Waals surface area contributed by atoms with Gasteiger partial charge in [-0.05, 0) is 98.6 Å². The molecule has 0 unspecified atom stereocenters. The van der Waals surface area contributed by atoms with Crippen LogP contribution in [-0.2, 0) is 34.6 Å². The monoisotopic (exact) mass is 474 g/mol. The van der Waals surface area contributed by atoms with E-state index in [1.807, 2.05) is 73.6 Å². The Morgan fingerprint density at radius 3 is 2.12 bits per heavy atom. The fourth-order valence-electron chi connectivity index (χ4n) is 3.53. The second kappa shape index (κ2) is 10.7. The van der Waals surface area contributed by atoms with Gasteiger partial charge < -0.3 is 23.4 Å². The molecule has 6 nitrogen and oxygen atoms in total. The van der Waals surface area contributed by atoms with Crippen LogP contribution in [0.3, 0.4) is 0 Å². The Bertz CT molecular complexity index is 828. The highest BCUT2D eigenvalue weighted by atomic mass is 16.7. The largest absolute Gasteiger partial charge is 0.495 e. The molecule has 1 aliphatic rings. The van der Waals surface area contributed by atoms with Crippen molar-refractivity contribution in [1.29, 1.82) is 0 Å². The van der Waals surface area contributed by atoms with E-state index in [0.717, 1.165) is 22.9 Å². The van der Waals surface area contributed by atoms with Crippen molar-refractivity contribution in [2.45, 2.75) is 118 Å². The van der Waals surface area contributed by atoms with Gasteiger partial charge in [0.1, 0.15) is 5.60 Å². The zero-order chi connectivity index (χ0) is 25.9. The minimum atomic E-state index is -0.556. The van der Waals surface area contributed by atoms with E-state index in [4.69, 9.17) is 23.4 Å². The van der Waals surface area contributed by atoms with E-state index >= 15 is 0 Å². The Hall–Kier alpha value is -1.34. The summed E-state index contributed by atoms with van der Waals surface area (Å²) in [4.78, 5) is 12.4. The van der Waals surface area contributed by atoms with Crippen molar-refractivity contribution >= 4 is 31.1 Å². The molecule has 1 aromatic carbocycles. The molecule has 0 radical (unpaired) electrons. The predicted octanol–water partition coefficient (Wildman–Crippen LogP) is 4.20. The predicted molar refractivity (Wildman–Crippen MR) is 139 cm³/mol. The molecule has 0 bridgehead atoms. The minimum absolute atomic E-state index is 0.225. The fraction of sp³-hybridized carbons (Fsp3) is 0.731. The van der Waals surface area contributed by atoms with E-state index in [1.165, 1.54) is 0 Å². The molecule has 0 saturated carbocycles. The van der Waals surface area contributed by atoms with Gasteiger partial charge in [-0.2, -0.15) is 0 Å². The molecular weight excluding hydrogens is 430 g/mol. The smallest absolute Gasteiger partial charge is 0.460 e. The zero-order valence-electron chi connectivity index (χ0n) is 23.2. The van der Waals surface area contributed by atoms with E-state index in [0.29, 0.717) is 13.0 Å².